The van der Waals surface area contributed by atoms with Crippen LogP contribution < -0.4 is 14.8 Å². The Balaban J connectivity index is 1.44. The van der Waals surface area contributed by atoms with Crippen molar-refractivity contribution >= 4 is 17.0 Å². The highest BCUT2D eigenvalue weighted by molar-refractivity contribution is 5.87. The molecule has 0 fully saturated rings. The molecule has 0 saturated heterocycles. The molecule has 7 nitrogen and oxygen atoms in total. The summed E-state index contributed by atoms with van der Waals surface area (Å²) in [5.74, 6) is 1.29. The molecule has 0 radical (unpaired) electrons. The third-order valence-corrected chi connectivity index (χ3v) is 6.78. The minimum absolute atomic E-state index is 0.105. The molecule has 1 aliphatic heterocycles. The van der Waals surface area contributed by atoms with Crippen LogP contribution in [0.2, 0.25) is 0 Å². The number of amides is 1. The summed E-state index contributed by atoms with van der Waals surface area (Å²) in [4.78, 5) is 18.9. The lowest BCUT2D eigenvalue weighted by molar-refractivity contribution is 0.135. The van der Waals surface area contributed by atoms with Gasteiger partial charge in [0.05, 0.1) is 6.61 Å². The van der Waals surface area contributed by atoms with Crippen LogP contribution in [0.5, 0.6) is 11.5 Å². The summed E-state index contributed by atoms with van der Waals surface area (Å²) < 4.78 is 11.6. The maximum absolute atomic E-state index is 13.5. The van der Waals surface area contributed by atoms with E-state index in [4.69, 9.17) is 14.6 Å². The summed E-state index contributed by atoms with van der Waals surface area (Å²) in [6, 6.07) is 21.5. The molecular weight excluding hydrogens is 466 g/mol. The molecule has 0 bridgehead atoms. The number of aromatic amines is 1. The average molecular weight is 500 g/mol. The minimum atomic E-state index is -0.371. The van der Waals surface area contributed by atoms with Gasteiger partial charge in [-0.25, -0.2) is 4.79 Å². The van der Waals surface area contributed by atoms with Gasteiger partial charge in [-0.05, 0) is 67.8 Å². The van der Waals surface area contributed by atoms with E-state index >= 15 is 0 Å². The zero-order valence-electron chi connectivity index (χ0n) is 21.3. The molecule has 5 rings (SSSR count). The van der Waals surface area contributed by atoms with E-state index in [-0.39, 0.29) is 18.7 Å². The van der Waals surface area contributed by atoms with Crippen LogP contribution in [0.4, 0.5) is 4.79 Å². The van der Waals surface area contributed by atoms with Crippen molar-refractivity contribution in [2.24, 2.45) is 0 Å². The fraction of sp³-hybridized carbons (Fsp3) is 0.300. The van der Waals surface area contributed by atoms with Crippen LogP contribution in [0.25, 0.3) is 10.9 Å². The monoisotopic (exact) mass is 499 g/mol. The lowest BCUT2D eigenvalue weighted by atomic mass is 9.92. The Kier molecular flexibility index (Phi) is 7.44. The Hall–Kier alpha value is -3.81. The molecule has 7 heteroatoms. The maximum atomic E-state index is 13.5. The third-order valence-electron chi connectivity index (χ3n) is 6.78. The number of ether oxygens (including phenoxy) is 2. The molecule has 4 aromatic rings. The molecule has 1 unspecified atom stereocenters. The Labute approximate surface area is 217 Å². The number of hydrogen-bond acceptors (Lipinski definition) is 5. The Bertz CT molecular complexity index is 1360. The number of rotatable bonds is 8. The van der Waals surface area contributed by atoms with E-state index in [1.165, 1.54) is 16.5 Å². The van der Waals surface area contributed by atoms with Crippen molar-refractivity contribution in [1.82, 2.24) is 15.2 Å². The fourth-order valence-corrected chi connectivity index (χ4v) is 4.90. The number of carbonyl (C=O) groups excluding carboxylic acids is 1. The van der Waals surface area contributed by atoms with Gasteiger partial charge in [0.25, 0.3) is 0 Å². The molecule has 37 heavy (non-hydrogen) atoms. The first kappa shape index (κ1) is 24.9. The molecular formula is C30H33N3O4. The van der Waals surface area contributed by atoms with E-state index in [1.54, 1.807) is 4.90 Å². The average Bonchev–Trinajstić information content (AvgIpc) is 3.27. The predicted molar refractivity (Wildman–Crippen MR) is 144 cm³/mol. The number of benzene rings is 3. The summed E-state index contributed by atoms with van der Waals surface area (Å²) in [5, 5.41) is 13.2. The van der Waals surface area contributed by atoms with Crippen LogP contribution in [0.15, 0.2) is 66.7 Å². The maximum Gasteiger partial charge on any atom is 0.416 e. The minimum Gasteiger partial charge on any atom is -0.492 e. The third kappa shape index (κ3) is 5.48. The molecule has 3 aromatic carbocycles. The van der Waals surface area contributed by atoms with E-state index < -0.39 is 0 Å². The van der Waals surface area contributed by atoms with E-state index in [9.17, 15) is 4.79 Å². The predicted octanol–water partition coefficient (Wildman–Crippen LogP) is 4.89. The van der Waals surface area contributed by atoms with Gasteiger partial charge in [0.15, 0.2) is 0 Å². The highest BCUT2D eigenvalue weighted by Crippen LogP contribution is 2.39. The number of aryl methyl sites for hydroxylation is 2. The van der Waals surface area contributed by atoms with Crippen LogP contribution >= 0.6 is 0 Å². The van der Waals surface area contributed by atoms with Crippen molar-refractivity contribution in [3.63, 3.8) is 0 Å². The number of aliphatic hydroxyl groups is 1. The van der Waals surface area contributed by atoms with E-state index in [0.29, 0.717) is 32.0 Å². The van der Waals surface area contributed by atoms with E-state index in [1.807, 2.05) is 55.5 Å². The standard InChI is InChI=1S/C30H33N3O4/c1-20-3-8-24(9-4-20)37-30(35)33-16-13-25-26-19-21(2)5-12-27(26)32-28(25)29(33)22-6-10-23(11-7-22)36-18-15-31-14-17-34/h3-12,19,29,31-32,34H,13-18H2,1-2H3. The van der Waals surface area contributed by atoms with Gasteiger partial charge in [0.2, 0.25) is 0 Å². The number of nitrogens with one attached hydrogen (secondary N) is 2. The van der Waals surface area contributed by atoms with Gasteiger partial charge in [0.1, 0.15) is 24.1 Å². The number of fused-ring (bicyclic) bond motifs is 3. The molecule has 2 heterocycles. The molecule has 1 aromatic heterocycles. The topological polar surface area (TPSA) is 86.8 Å². The molecule has 0 saturated carbocycles. The van der Waals surface area contributed by atoms with Crippen LogP contribution in [-0.2, 0) is 6.42 Å². The van der Waals surface area contributed by atoms with Crippen molar-refractivity contribution in [2.45, 2.75) is 26.3 Å². The summed E-state index contributed by atoms with van der Waals surface area (Å²) in [6.07, 6.45) is 0.380. The number of hydrogen-bond donors (Lipinski definition) is 3. The molecule has 0 spiro atoms. The van der Waals surface area contributed by atoms with Crippen LogP contribution in [0.3, 0.4) is 0 Å². The Morgan fingerprint density at radius 2 is 1.73 bits per heavy atom. The van der Waals surface area contributed by atoms with Gasteiger partial charge in [-0.3, -0.25) is 4.90 Å². The summed E-state index contributed by atoms with van der Waals surface area (Å²) >= 11 is 0. The van der Waals surface area contributed by atoms with Crippen molar-refractivity contribution in [1.29, 1.82) is 0 Å². The van der Waals surface area contributed by atoms with Gasteiger partial charge in [-0.1, -0.05) is 41.5 Å². The zero-order valence-corrected chi connectivity index (χ0v) is 21.3. The smallest absolute Gasteiger partial charge is 0.416 e. The van der Waals surface area contributed by atoms with Crippen LogP contribution in [0, 0.1) is 13.8 Å². The Morgan fingerprint density at radius 3 is 2.49 bits per heavy atom. The highest BCUT2D eigenvalue weighted by atomic mass is 16.6. The largest absolute Gasteiger partial charge is 0.492 e. The van der Waals surface area contributed by atoms with Gasteiger partial charge < -0.3 is 24.9 Å². The molecule has 192 valence electrons. The number of carbonyl (C=O) groups is 1. The zero-order chi connectivity index (χ0) is 25.8. The van der Waals surface area contributed by atoms with E-state index in [2.05, 4.69) is 35.4 Å². The second-order valence-corrected chi connectivity index (χ2v) is 9.48. The summed E-state index contributed by atoms with van der Waals surface area (Å²) in [7, 11) is 0. The second kappa shape index (κ2) is 11.1. The normalized spacial score (nSPS) is 15.0. The van der Waals surface area contributed by atoms with Gasteiger partial charge in [-0.2, -0.15) is 0 Å². The summed E-state index contributed by atoms with van der Waals surface area (Å²) in [6.45, 7) is 6.47. The summed E-state index contributed by atoms with van der Waals surface area (Å²) in [5.41, 5.74) is 6.65. The highest BCUT2D eigenvalue weighted by Gasteiger charge is 2.35. The van der Waals surface area contributed by atoms with Gasteiger partial charge in [0, 0.05) is 36.2 Å². The SMILES string of the molecule is Cc1ccc(OC(=O)N2CCc3c([nH]c4ccc(C)cc34)C2c2ccc(OCCNCCO)cc2)cc1. The molecule has 0 aliphatic carbocycles. The lowest BCUT2D eigenvalue weighted by Gasteiger charge is -2.35. The van der Waals surface area contributed by atoms with Crippen LogP contribution in [0.1, 0.15) is 34.0 Å². The van der Waals surface area contributed by atoms with Crippen molar-refractivity contribution < 1.29 is 19.4 Å². The first-order valence-electron chi connectivity index (χ1n) is 12.7. The quantitative estimate of drug-likeness (QED) is 0.301. The number of H-pyrrole nitrogens is 1. The van der Waals surface area contributed by atoms with Crippen molar-refractivity contribution in [3.8, 4) is 11.5 Å². The van der Waals surface area contributed by atoms with Gasteiger partial charge in [-0.15, -0.1) is 0 Å². The fourth-order valence-electron chi connectivity index (χ4n) is 4.90. The number of nitrogens with zero attached hydrogens (tertiary/aromatic N) is 1. The number of aliphatic hydroxyl groups excluding tert-OH is 1. The molecule has 1 atom stereocenters. The molecule has 1 amide bonds. The first-order chi connectivity index (χ1) is 18.0. The molecule has 3 N–H and O–H groups in total. The van der Waals surface area contributed by atoms with Crippen molar-refractivity contribution in [3.05, 3.63) is 94.7 Å². The van der Waals surface area contributed by atoms with Crippen LogP contribution in [-0.4, -0.2) is 53.9 Å². The second-order valence-electron chi connectivity index (χ2n) is 9.48. The van der Waals surface area contributed by atoms with E-state index in [0.717, 1.165) is 34.5 Å². The Morgan fingerprint density at radius 1 is 1.00 bits per heavy atom. The molecule has 1 aliphatic rings. The van der Waals surface area contributed by atoms with Crippen molar-refractivity contribution in [2.75, 3.05) is 32.8 Å². The number of aromatic nitrogens is 1. The van der Waals surface area contributed by atoms with Gasteiger partial charge >= 0.3 is 6.09 Å². The lowest BCUT2D eigenvalue weighted by Crippen LogP contribution is -2.42. The first-order valence-corrected chi connectivity index (χ1v) is 12.7.